The molecule has 0 N–H and O–H groups in total. The van der Waals surface area contributed by atoms with Gasteiger partial charge in [0.2, 0.25) is 0 Å². The Morgan fingerprint density at radius 2 is 2.06 bits per heavy atom. The molecular weight excluding hydrogens is 229 g/mol. The van der Waals surface area contributed by atoms with E-state index < -0.39 is 10.2 Å². The quantitative estimate of drug-likeness (QED) is 0.599. The summed E-state index contributed by atoms with van der Waals surface area (Å²) in [5, 5.41) is 9.08. The van der Waals surface area contributed by atoms with Crippen molar-refractivity contribution in [2.24, 2.45) is 0 Å². The molecule has 0 aliphatic rings. The molecule has 1 aromatic rings. The number of nitrogens with zero attached hydrogens (tertiary/aromatic N) is 1. The summed E-state index contributed by atoms with van der Waals surface area (Å²) in [7, 11) is -4.58. The van der Waals surface area contributed by atoms with E-state index in [-0.39, 0.29) is 0 Å². The maximum absolute atomic E-state index is 12.0. The van der Waals surface area contributed by atoms with E-state index >= 15 is 0 Å². The number of allylic oxidation sites excluding steroid dienone is 2. The van der Waals surface area contributed by atoms with Crippen LogP contribution in [-0.2, 0) is 10.2 Å². The predicted molar refractivity (Wildman–Crippen MR) is 59.4 cm³/mol. The lowest BCUT2D eigenvalue weighted by Gasteiger charge is -1.91. The molecule has 0 atom stereocenters. The number of nitriles is 1. The van der Waals surface area contributed by atoms with Crippen molar-refractivity contribution < 1.29 is 12.3 Å². The van der Waals surface area contributed by atoms with Crippen LogP contribution in [0, 0.1) is 11.3 Å². The Morgan fingerprint density at radius 3 is 2.69 bits per heavy atom. The van der Waals surface area contributed by atoms with Gasteiger partial charge in [-0.05, 0) is 23.8 Å². The lowest BCUT2D eigenvalue weighted by molar-refractivity contribution is 0.563. The summed E-state index contributed by atoms with van der Waals surface area (Å²) in [6, 6.07) is 8.71. The number of halogens is 1. The van der Waals surface area contributed by atoms with Gasteiger partial charge in [0.1, 0.15) is 0 Å². The highest BCUT2D eigenvalue weighted by Gasteiger charge is 1.95. The molecule has 1 aromatic carbocycles. The molecule has 0 amide bonds. The Balaban J connectivity index is 2.78. The molecule has 0 aliphatic carbocycles. The fourth-order valence-corrected chi connectivity index (χ4v) is 1.30. The molecule has 0 bridgehead atoms. The standard InChI is InChI=1S/C11H8FNO2S/c12-16(14,15)7-2-1-4-10-5-3-6-11(8-10)9-13/h1-8H/b4-1+,7-2+. The molecule has 0 fully saturated rings. The zero-order chi connectivity index (χ0) is 12.0. The second-order valence-corrected chi connectivity index (χ2v) is 4.12. The van der Waals surface area contributed by atoms with E-state index in [9.17, 15) is 12.3 Å². The third-order valence-electron chi connectivity index (χ3n) is 1.66. The number of hydrogen-bond acceptors (Lipinski definition) is 3. The first-order valence-electron chi connectivity index (χ1n) is 4.31. The number of rotatable bonds is 3. The van der Waals surface area contributed by atoms with E-state index in [0.717, 1.165) is 11.6 Å². The van der Waals surface area contributed by atoms with E-state index in [1.54, 1.807) is 30.3 Å². The van der Waals surface area contributed by atoms with Crippen molar-refractivity contribution in [2.45, 2.75) is 0 Å². The molecule has 0 unspecified atom stereocenters. The van der Waals surface area contributed by atoms with E-state index in [1.165, 1.54) is 6.08 Å². The van der Waals surface area contributed by atoms with Crippen molar-refractivity contribution >= 4 is 16.3 Å². The molecule has 0 saturated heterocycles. The molecule has 0 saturated carbocycles. The zero-order valence-corrected chi connectivity index (χ0v) is 8.99. The minimum absolute atomic E-state index is 0.456. The molecule has 1 rings (SSSR count). The van der Waals surface area contributed by atoms with E-state index in [4.69, 9.17) is 5.26 Å². The van der Waals surface area contributed by atoms with E-state index in [0.29, 0.717) is 11.0 Å². The number of benzene rings is 1. The van der Waals surface area contributed by atoms with Gasteiger partial charge in [0, 0.05) is 0 Å². The van der Waals surface area contributed by atoms with Gasteiger partial charge in [-0.2, -0.15) is 13.7 Å². The van der Waals surface area contributed by atoms with Gasteiger partial charge in [-0.3, -0.25) is 0 Å². The molecule has 0 spiro atoms. The Kier molecular flexibility index (Phi) is 3.97. The molecular formula is C11H8FNO2S. The average molecular weight is 237 g/mol. The Bertz CT molecular complexity index is 568. The first kappa shape index (κ1) is 12.1. The van der Waals surface area contributed by atoms with Gasteiger partial charge < -0.3 is 0 Å². The Hall–Kier alpha value is -1.93. The summed E-state index contributed by atoms with van der Waals surface area (Å²) in [4.78, 5) is 0. The summed E-state index contributed by atoms with van der Waals surface area (Å²) in [6.45, 7) is 0. The highest BCUT2D eigenvalue weighted by Crippen LogP contribution is 2.06. The molecule has 0 aromatic heterocycles. The van der Waals surface area contributed by atoms with Gasteiger partial charge in [0.15, 0.2) is 0 Å². The highest BCUT2D eigenvalue weighted by molar-refractivity contribution is 7.89. The molecule has 82 valence electrons. The van der Waals surface area contributed by atoms with Crippen LogP contribution in [0.4, 0.5) is 3.89 Å². The third-order valence-corrected chi connectivity index (χ3v) is 2.14. The van der Waals surface area contributed by atoms with Crippen LogP contribution in [-0.4, -0.2) is 8.42 Å². The monoisotopic (exact) mass is 237 g/mol. The molecule has 0 heterocycles. The van der Waals surface area contributed by atoms with Crippen LogP contribution < -0.4 is 0 Å². The van der Waals surface area contributed by atoms with Crippen LogP contribution >= 0.6 is 0 Å². The summed E-state index contributed by atoms with van der Waals surface area (Å²) < 4.78 is 32.3. The first-order valence-corrected chi connectivity index (χ1v) is 5.75. The van der Waals surface area contributed by atoms with Crippen LogP contribution in [0.15, 0.2) is 41.8 Å². The van der Waals surface area contributed by atoms with Gasteiger partial charge in [-0.25, -0.2) is 0 Å². The highest BCUT2D eigenvalue weighted by atomic mass is 32.3. The van der Waals surface area contributed by atoms with Crippen molar-refractivity contribution in [1.29, 1.82) is 5.26 Å². The van der Waals surface area contributed by atoms with Crippen molar-refractivity contribution in [3.05, 3.63) is 53.0 Å². The second kappa shape index (κ2) is 5.24. The first-order chi connectivity index (χ1) is 7.51. The summed E-state index contributed by atoms with van der Waals surface area (Å²) >= 11 is 0. The van der Waals surface area contributed by atoms with Gasteiger partial charge >= 0.3 is 10.2 Å². The van der Waals surface area contributed by atoms with Crippen molar-refractivity contribution in [1.82, 2.24) is 0 Å². The van der Waals surface area contributed by atoms with Crippen LogP contribution in [0.1, 0.15) is 11.1 Å². The normalized spacial score (nSPS) is 12.0. The molecule has 16 heavy (non-hydrogen) atoms. The second-order valence-electron chi connectivity index (χ2n) is 2.90. The minimum atomic E-state index is -4.58. The number of hydrogen-bond donors (Lipinski definition) is 0. The van der Waals surface area contributed by atoms with Crippen molar-refractivity contribution in [3.63, 3.8) is 0 Å². The SMILES string of the molecule is N#Cc1cccc(/C=C/C=C/S(=O)(=O)F)c1. The Labute approximate surface area is 93.4 Å². The molecule has 3 nitrogen and oxygen atoms in total. The molecule has 0 radical (unpaired) electrons. The minimum Gasteiger partial charge on any atom is -0.192 e. The van der Waals surface area contributed by atoms with Gasteiger partial charge in [-0.1, -0.05) is 24.3 Å². The summed E-state index contributed by atoms with van der Waals surface area (Å²) in [5.41, 5.74) is 1.24. The smallest absolute Gasteiger partial charge is 0.192 e. The third kappa shape index (κ3) is 4.53. The lowest BCUT2D eigenvalue weighted by atomic mass is 10.1. The van der Waals surface area contributed by atoms with Crippen LogP contribution in [0.5, 0.6) is 0 Å². The average Bonchev–Trinajstić information content (AvgIpc) is 2.23. The lowest BCUT2D eigenvalue weighted by Crippen LogP contribution is -1.79. The van der Waals surface area contributed by atoms with Crippen molar-refractivity contribution in [3.8, 4) is 6.07 Å². The van der Waals surface area contributed by atoms with Crippen LogP contribution in [0.3, 0.4) is 0 Å². The maximum Gasteiger partial charge on any atom is 0.325 e. The fraction of sp³-hybridized carbons (Fsp3) is 0. The van der Waals surface area contributed by atoms with Crippen LogP contribution in [0.2, 0.25) is 0 Å². The van der Waals surface area contributed by atoms with Crippen molar-refractivity contribution in [2.75, 3.05) is 0 Å². The molecule has 0 aliphatic heterocycles. The Morgan fingerprint density at radius 1 is 1.31 bits per heavy atom. The topological polar surface area (TPSA) is 57.9 Å². The summed E-state index contributed by atoms with van der Waals surface area (Å²) in [5.74, 6) is 0. The van der Waals surface area contributed by atoms with E-state index in [2.05, 4.69) is 0 Å². The predicted octanol–water partition coefficient (Wildman–Crippen LogP) is 2.38. The fourth-order valence-electron chi connectivity index (χ4n) is 1.02. The van der Waals surface area contributed by atoms with E-state index in [1.807, 2.05) is 6.07 Å². The molecule has 5 heteroatoms. The van der Waals surface area contributed by atoms with Gasteiger partial charge in [-0.15, -0.1) is 3.89 Å². The van der Waals surface area contributed by atoms with Gasteiger partial charge in [0.25, 0.3) is 0 Å². The van der Waals surface area contributed by atoms with Gasteiger partial charge in [0.05, 0.1) is 17.0 Å². The van der Waals surface area contributed by atoms with Crippen LogP contribution in [0.25, 0.3) is 6.08 Å². The largest absolute Gasteiger partial charge is 0.325 e. The maximum atomic E-state index is 12.0. The zero-order valence-electron chi connectivity index (χ0n) is 8.17. The summed E-state index contributed by atoms with van der Waals surface area (Å²) in [6.07, 6.45) is 4.03.